The van der Waals surface area contributed by atoms with Crippen LogP contribution in [0.1, 0.15) is 11.5 Å². The van der Waals surface area contributed by atoms with Crippen molar-refractivity contribution >= 4 is 11.9 Å². The van der Waals surface area contributed by atoms with Crippen molar-refractivity contribution in [2.24, 2.45) is 0 Å². The normalized spacial score (nSPS) is 11.6. The molecule has 0 aliphatic carbocycles. The molecule has 1 N–H and O–H groups in total. The Morgan fingerprint density at radius 1 is 1.31 bits per heavy atom. The molecule has 1 aromatic rings. The second-order valence-electron chi connectivity index (χ2n) is 3.20. The van der Waals surface area contributed by atoms with E-state index in [-0.39, 0.29) is 5.57 Å². The van der Waals surface area contributed by atoms with Crippen LogP contribution in [0.4, 0.5) is 0 Å². The molecule has 0 amide bonds. The summed E-state index contributed by atoms with van der Waals surface area (Å²) < 4.78 is 4.46. The maximum atomic E-state index is 11.2. The highest BCUT2D eigenvalue weighted by molar-refractivity contribution is 5.97. The fourth-order valence-electron chi connectivity index (χ4n) is 1.39. The number of aliphatic carboxylic acids is 1. The number of carbonyl (C=O) groups excluding carboxylic acids is 1. The standard InChI is InChI=1S/C12H12O4/c1-8(12(15)16-2)10(11(13)14)9-6-4-3-5-7-9/h3-7,10H,1H2,2H3,(H,13,14). The van der Waals surface area contributed by atoms with Gasteiger partial charge in [-0.05, 0) is 5.56 Å². The highest BCUT2D eigenvalue weighted by atomic mass is 16.5. The lowest BCUT2D eigenvalue weighted by Gasteiger charge is -2.13. The van der Waals surface area contributed by atoms with Crippen LogP contribution in [0.25, 0.3) is 0 Å². The number of ether oxygens (including phenoxy) is 1. The van der Waals surface area contributed by atoms with Crippen LogP contribution >= 0.6 is 0 Å². The van der Waals surface area contributed by atoms with Gasteiger partial charge in [-0.2, -0.15) is 0 Å². The smallest absolute Gasteiger partial charge is 0.334 e. The zero-order chi connectivity index (χ0) is 12.1. The van der Waals surface area contributed by atoms with E-state index in [9.17, 15) is 9.59 Å². The number of carboxylic acids is 1. The van der Waals surface area contributed by atoms with Gasteiger partial charge in [0.25, 0.3) is 0 Å². The van der Waals surface area contributed by atoms with Crippen molar-refractivity contribution in [1.29, 1.82) is 0 Å². The molecule has 4 heteroatoms. The van der Waals surface area contributed by atoms with E-state index in [1.54, 1.807) is 30.3 Å². The molecule has 0 fully saturated rings. The fourth-order valence-corrected chi connectivity index (χ4v) is 1.39. The van der Waals surface area contributed by atoms with Crippen molar-refractivity contribution in [1.82, 2.24) is 0 Å². The lowest BCUT2D eigenvalue weighted by Crippen LogP contribution is -2.19. The average Bonchev–Trinajstić information content (AvgIpc) is 2.29. The summed E-state index contributed by atoms with van der Waals surface area (Å²) in [5, 5.41) is 9.07. The molecule has 84 valence electrons. The van der Waals surface area contributed by atoms with Gasteiger partial charge in [0.15, 0.2) is 0 Å². The molecule has 0 aliphatic rings. The number of hydrogen-bond acceptors (Lipinski definition) is 3. The molecule has 1 unspecified atom stereocenters. The molecule has 4 nitrogen and oxygen atoms in total. The Bertz CT molecular complexity index is 408. The molecule has 1 aromatic carbocycles. The van der Waals surface area contributed by atoms with Gasteiger partial charge in [-0.25, -0.2) is 4.79 Å². The molecular formula is C12H12O4. The van der Waals surface area contributed by atoms with Crippen LogP contribution in [0.15, 0.2) is 42.5 Å². The summed E-state index contributed by atoms with van der Waals surface area (Å²) in [6.07, 6.45) is 0. The Morgan fingerprint density at radius 2 is 1.88 bits per heavy atom. The number of esters is 1. The third-order valence-electron chi connectivity index (χ3n) is 2.18. The van der Waals surface area contributed by atoms with Gasteiger partial charge >= 0.3 is 11.9 Å². The van der Waals surface area contributed by atoms with Gasteiger partial charge in [0, 0.05) is 5.57 Å². The van der Waals surface area contributed by atoms with Gasteiger partial charge in [0.2, 0.25) is 0 Å². The first-order valence-electron chi connectivity index (χ1n) is 4.62. The van der Waals surface area contributed by atoms with Crippen molar-refractivity contribution in [3.05, 3.63) is 48.0 Å². The summed E-state index contributed by atoms with van der Waals surface area (Å²) in [7, 11) is 1.19. The van der Waals surface area contributed by atoms with Crippen LogP contribution in [-0.4, -0.2) is 24.2 Å². The largest absolute Gasteiger partial charge is 0.481 e. The maximum Gasteiger partial charge on any atom is 0.334 e. The van der Waals surface area contributed by atoms with E-state index >= 15 is 0 Å². The van der Waals surface area contributed by atoms with E-state index in [0.29, 0.717) is 5.56 Å². The maximum absolute atomic E-state index is 11.2. The number of benzene rings is 1. The summed E-state index contributed by atoms with van der Waals surface area (Å²) in [5.41, 5.74) is 0.423. The van der Waals surface area contributed by atoms with E-state index in [2.05, 4.69) is 11.3 Å². The average molecular weight is 220 g/mol. The van der Waals surface area contributed by atoms with Crippen molar-refractivity contribution in [3.8, 4) is 0 Å². The molecule has 0 bridgehead atoms. The first-order chi connectivity index (χ1) is 7.57. The third-order valence-corrected chi connectivity index (χ3v) is 2.18. The minimum absolute atomic E-state index is 0.0822. The second-order valence-corrected chi connectivity index (χ2v) is 3.20. The molecule has 0 aromatic heterocycles. The Labute approximate surface area is 93.2 Å². The summed E-state index contributed by atoms with van der Waals surface area (Å²) in [4.78, 5) is 22.3. The fraction of sp³-hybridized carbons (Fsp3) is 0.167. The zero-order valence-corrected chi connectivity index (χ0v) is 8.84. The van der Waals surface area contributed by atoms with Crippen molar-refractivity contribution < 1.29 is 19.4 Å². The van der Waals surface area contributed by atoms with Gasteiger partial charge in [-0.1, -0.05) is 36.9 Å². The molecular weight excluding hydrogens is 208 g/mol. The van der Waals surface area contributed by atoms with Crippen LogP contribution in [0, 0.1) is 0 Å². The minimum atomic E-state index is -1.12. The molecule has 16 heavy (non-hydrogen) atoms. The Hall–Kier alpha value is -2.10. The number of carboxylic acid groups (broad SMARTS) is 1. The van der Waals surface area contributed by atoms with Crippen LogP contribution in [0.5, 0.6) is 0 Å². The third kappa shape index (κ3) is 2.48. The van der Waals surface area contributed by atoms with Crippen molar-refractivity contribution in [2.45, 2.75) is 5.92 Å². The topological polar surface area (TPSA) is 63.6 Å². The number of hydrogen-bond donors (Lipinski definition) is 1. The Balaban J connectivity index is 3.06. The van der Waals surface area contributed by atoms with E-state index in [4.69, 9.17) is 5.11 Å². The molecule has 0 heterocycles. The monoisotopic (exact) mass is 220 g/mol. The number of carbonyl (C=O) groups is 2. The molecule has 0 spiro atoms. The van der Waals surface area contributed by atoms with E-state index in [1.807, 2.05) is 0 Å². The highest BCUT2D eigenvalue weighted by Gasteiger charge is 2.27. The predicted octanol–water partition coefficient (Wildman–Crippen LogP) is 1.58. The summed E-state index contributed by atoms with van der Waals surface area (Å²) in [5.74, 6) is -2.90. The molecule has 1 rings (SSSR count). The molecule has 0 saturated carbocycles. The predicted molar refractivity (Wildman–Crippen MR) is 58.0 cm³/mol. The Kier molecular flexibility index (Phi) is 3.83. The Morgan fingerprint density at radius 3 is 2.31 bits per heavy atom. The molecule has 0 radical (unpaired) electrons. The molecule has 0 saturated heterocycles. The van der Waals surface area contributed by atoms with Crippen LogP contribution in [-0.2, 0) is 14.3 Å². The van der Waals surface area contributed by atoms with Gasteiger partial charge in [-0.3, -0.25) is 4.79 Å². The van der Waals surface area contributed by atoms with Crippen LogP contribution in [0.2, 0.25) is 0 Å². The quantitative estimate of drug-likeness (QED) is 0.618. The van der Waals surface area contributed by atoms with Gasteiger partial charge in [-0.15, -0.1) is 0 Å². The lowest BCUT2D eigenvalue weighted by atomic mass is 9.92. The first-order valence-corrected chi connectivity index (χ1v) is 4.62. The second kappa shape index (κ2) is 5.11. The number of methoxy groups -OCH3 is 1. The van der Waals surface area contributed by atoms with Gasteiger partial charge < -0.3 is 9.84 Å². The SMILES string of the molecule is C=C(C(=O)OC)C(C(=O)O)c1ccccc1. The summed E-state index contributed by atoms with van der Waals surface area (Å²) in [6.45, 7) is 3.47. The summed E-state index contributed by atoms with van der Waals surface area (Å²) >= 11 is 0. The van der Waals surface area contributed by atoms with Crippen LogP contribution < -0.4 is 0 Å². The molecule has 1 atom stereocenters. The van der Waals surface area contributed by atoms with Crippen molar-refractivity contribution in [2.75, 3.05) is 7.11 Å². The van der Waals surface area contributed by atoms with Crippen molar-refractivity contribution in [3.63, 3.8) is 0 Å². The minimum Gasteiger partial charge on any atom is -0.481 e. The van der Waals surface area contributed by atoms with E-state index in [0.717, 1.165) is 0 Å². The van der Waals surface area contributed by atoms with E-state index < -0.39 is 17.9 Å². The number of rotatable bonds is 4. The van der Waals surface area contributed by atoms with Crippen LogP contribution in [0.3, 0.4) is 0 Å². The summed E-state index contributed by atoms with van der Waals surface area (Å²) in [6, 6.07) is 8.44. The van der Waals surface area contributed by atoms with Gasteiger partial charge in [0.1, 0.15) is 5.92 Å². The molecule has 0 aliphatic heterocycles. The highest BCUT2D eigenvalue weighted by Crippen LogP contribution is 2.24. The lowest BCUT2D eigenvalue weighted by molar-refractivity contribution is -0.142. The zero-order valence-electron chi connectivity index (χ0n) is 8.84. The first kappa shape index (κ1) is 12.0. The van der Waals surface area contributed by atoms with E-state index in [1.165, 1.54) is 7.11 Å². The van der Waals surface area contributed by atoms with Gasteiger partial charge in [0.05, 0.1) is 7.11 Å².